The Morgan fingerprint density at radius 3 is 2.22 bits per heavy atom. The monoisotopic (exact) mass is 321 g/mol. The van der Waals surface area contributed by atoms with Crippen molar-refractivity contribution < 1.29 is 28.7 Å². The molecule has 0 saturated carbocycles. The number of ether oxygens (including phenoxy) is 2. The number of rotatable bonds is 8. The van der Waals surface area contributed by atoms with E-state index in [0.29, 0.717) is 11.3 Å². The van der Waals surface area contributed by atoms with Gasteiger partial charge in [0.25, 0.3) is 5.91 Å². The number of benzene rings is 1. The number of Topliss-reactive ketones (excluding diaryl/α,β-unsaturated/α-hetero) is 1. The van der Waals surface area contributed by atoms with E-state index in [9.17, 15) is 19.2 Å². The highest BCUT2D eigenvalue weighted by molar-refractivity contribution is 5.94. The summed E-state index contributed by atoms with van der Waals surface area (Å²) in [6, 6.07) is 6.13. The van der Waals surface area contributed by atoms with Crippen LogP contribution >= 0.6 is 0 Å². The van der Waals surface area contributed by atoms with Crippen LogP contribution in [0.1, 0.15) is 37.0 Å². The van der Waals surface area contributed by atoms with Gasteiger partial charge in [0, 0.05) is 12.1 Å². The SMILES string of the molecule is CCOC(=O)c1ccc(NC(=O)COC(=O)CCC(C)=O)cc1. The zero-order valence-electron chi connectivity index (χ0n) is 13.1. The molecular weight excluding hydrogens is 302 g/mol. The van der Waals surface area contributed by atoms with Gasteiger partial charge in [0.15, 0.2) is 6.61 Å². The summed E-state index contributed by atoms with van der Waals surface area (Å²) in [7, 11) is 0. The summed E-state index contributed by atoms with van der Waals surface area (Å²) in [6.45, 7) is 2.94. The highest BCUT2D eigenvalue weighted by Gasteiger charge is 2.10. The van der Waals surface area contributed by atoms with Crippen molar-refractivity contribution in [2.45, 2.75) is 26.7 Å². The minimum atomic E-state index is -0.604. The van der Waals surface area contributed by atoms with Gasteiger partial charge in [-0.2, -0.15) is 0 Å². The van der Waals surface area contributed by atoms with E-state index in [-0.39, 0.29) is 25.2 Å². The first-order valence-corrected chi connectivity index (χ1v) is 7.14. The van der Waals surface area contributed by atoms with E-state index >= 15 is 0 Å². The number of ketones is 1. The van der Waals surface area contributed by atoms with Crippen LogP contribution in [0.3, 0.4) is 0 Å². The molecule has 1 aromatic carbocycles. The van der Waals surface area contributed by atoms with Gasteiger partial charge in [-0.3, -0.25) is 9.59 Å². The largest absolute Gasteiger partial charge is 0.462 e. The van der Waals surface area contributed by atoms with Crippen LogP contribution in [0, 0.1) is 0 Å². The summed E-state index contributed by atoms with van der Waals surface area (Å²) >= 11 is 0. The summed E-state index contributed by atoms with van der Waals surface area (Å²) in [5.74, 6) is -1.67. The molecule has 1 rings (SSSR count). The van der Waals surface area contributed by atoms with Gasteiger partial charge < -0.3 is 19.6 Å². The van der Waals surface area contributed by atoms with Crippen LogP contribution in [0.2, 0.25) is 0 Å². The van der Waals surface area contributed by atoms with Crippen LogP contribution < -0.4 is 5.32 Å². The molecule has 0 heterocycles. The van der Waals surface area contributed by atoms with Crippen molar-refractivity contribution in [1.82, 2.24) is 0 Å². The zero-order chi connectivity index (χ0) is 17.2. The average molecular weight is 321 g/mol. The van der Waals surface area contributed by atoms with E-state index in [4.69, 9.17) is 9.47 Å². The summed E-state index contributed by atoms with van der Waals surface area (Å²) in [6.07, 6.45) is 0.0482. The Bertz CT molecular complexity index is 579. The second kappa shape index (κ2) is 9.34. The molecule has 1 aromatic rings. The van der Waals surface area contributed by atoms with Crippen molar-refractivity contribution in [3.05, 3.63) is 29.8 Å². The Balaban J connectivity index is 2.41. The van der Waals surface area contributed by atoms with Crippen LogP contribution in [0.4, 0.5) is 5.69 Å². The number of nitrogens with one attached hydrogen (secondary N) is 1. The van der Waals surface area contributed by atoms with Gasteiger partial charge in [-0.05, 0) is 38.1 Å². The average Bonchev–Trinajstić information content (AvgIpc) is 2.52. The van der Waals surface area contributed by atoms with E-state index in [0.717, 1.165) is 0 Å². The molecule has 0 fully saturated rings. The lowest BCUT2D eigenvalue weighted by Gasteiger charge is -2.07. The highest BCUT2D eigenvalue weighted by Crippen LogP contribution is 2.10. The summed E-state index contributed by atoms with van der Waals surface area (Å²) in [4.78, 5) is 45.1. The fourth-order valence-electron chi connectivity index (χ4n) is 1.60. The van der Waals surface area contributed by atoms with Crippen molar-refractivity contribution >= 4 is 29.3 Å². The molecular formula is C16H19NO6. The van der Waals surface area contributed by atoms with Crippen LogP contribution in [0.25, 0.3) is 0 Å². The molecule has 0 atom stereocenters. The fraction of sp³-hybridized carbons (Fsp3) is 0.375. The van der Waals surface area contributed by atoms with Crippen LogP contribution in [0.15, 0.2) is 24.3 Å². The molecule has 1 amide bonds. The maximum absolute atomic E-state index is 11.6. The summed E-state index contributed by atoms with van der Waals surface area (Å²) in [5.41, 5.74) is 0.836. The Kier molecular flexibility index (Phi) is 7.45. The van der Waals surface area contributed by atoms with Crippen molar-refractivity contribution in [3.63, 3.8) is 0 Å². The lowest BCUT2D eigenvalue weighted by atomic mass is 10.2. The molecule has 0 aliphatic rings. The minimum Gasteiger partial charge on any atom is -0.462 e. The smallest absolute Gasteiger partial charge is 0.338 e. The number of esters is 2. The van der Waals surface area contributed by atoms with Gasteiger partial charge in [-0.25, -0.2) is 4.79 Å². The van der Waals surface area contributed by atoms with Gasteiger partial charge >= 0.3 is 11.9 Å². The summed E-state index contributed by atoms with van der Waals surface area (Å²) < 4.78 is 9.59. The standard InChI is InChI=1S/C16H19NO6/c1-3-22-16(21)12-5-7-13(8-6-12)17-14(19)10-23-15(20)9-4-11(2)18/h5-8H,3-4,9-10H2,1-2H3,(H,17,19). The molecule has 23 heavy (non-hydrogen) atoms. The lowest BCUT2D eigenvalue weighted by Crippen LogP contribution is -2.21. The van der Waals surface area contributed by atoms with Gasteiger partial charge in [-0.15, -0.1) is 0 Å². The topological polar surface area (TPSA) is 98.8 Å². The van der Waals surface area contributed by atoms with Crippen molar-refractivity contribution in [2.75, 3.05) is 18.5 Å². The van der Waals surface area contributed by atoms with E-state index in [1.165, 1.54) is 19.1 Å². The normalized spacial score (nSPS) is 9.83. The van der Waals surface area contributed by atoms with Gasteiger partial charge in [0.2, 0.25) is 0 Å². The maximum atomic E-state index is 11.6. The Labute approximate surface area is 134 Å². The van der Waals surface area contributed by atoms with Crippen LogP contribution in [-0.2, 0) is 23.9 Å². The fourth-order valence-corrected chi connectivity index (χ4v) is 1.60. The van der Waals surface area contributed by atoms with Crippen LogP contribution in [0.5, 0.6) is 0 Å². The molecule has 124 valence electrons. The molecule has 0 aromatic heterocycles. The number of hydrogen-bond acceptors (Lipinski definition) is 6. The van der Waals surface area contributed by atoms with E-state index in [2.05, 4.69) is 5.32 Å². The van der Waals surface area contributed by atoms with E-state index in [1.54, 1.807) is 19.1 Å². The van der Waals surface area contributed by atoms with Crippen molar-refractivity contribution in [2.24, 2.45) is 0 Å². The minimum absolute atomic E-state index is 0.0448. The third-order valence-electron chi connectivity index (χ3n) is 2.73. The number of hydrogen-bond donors (Lipinski definition) is 1. The molecule has 7 nitrogen and oxygen atoms in total. The molecule has 0 radical (unpaired) electrons. The van der Waals surface area contributed by atoms with Gasteiger partial charge in [-0.1, -0.05) is 0 Å². The maximum Gasteiger partial charge on any atom is 0.338 e. The van der Waals surface area contributed by atoms with Crippen molar-refractivity contribution in [1.29, 1.82) is 0 Å². The third-order valence-corrected chi connectivity index (χ3v) is 2.73. The van der Waals surface area contributed by atoms with Gasteiger partial charge in [0.05, 0.1) is 18.6 Å². The number of amides is 1. The first kappa shape index (κ1) is 18.3. The number of anilines is 1. The highest BCUT2D eigenvalue weighted by atomic mass is 16.5. The molecule has 1 N–H and O–H groups in total. The third kappa shape index (κ3) is 7.21. The molecule has 0 aliphatic carbocycles. The van der Waals surface area contributed by atoms with E-state index < -0.39 is 24.5 Å². The van der Waals surface area contributed by atoms with Crippen LogP contribution in [-0.4, -0.2) is 36.8 Å². The zero-order valence-corrected chi connectivity index (χ0v) is 13.1. The first-order chi connectivity index (χ1) is 10.9. The lowest BCUT2D eigenvalue weighted by molar-refractivity contribution is -0.148. The second-order valence-electron chi connectivity index (χ2n) is 4.71. The Morgan fingerprint density at radius 2 is 1.65 bits per heavy atom. The van der Waals surface area contributed by atoms with Gasteiger partial charge in [0.1, 0.15) is 5.78 Å². The molecule has 7 heteroatoms. The van der Waals surface area contributed by atoms with E-state index in [1.807, 2.05) is 0 Å². The summed E-state index contributed by atoms with van der Waals surface area (Å²) in [5, 5.41) is 2.53. The Hall–Kier alpha value is -2.70. The quantitative estimate of drug-likeness (QED) is 0.732. The molecule has 0 unspecified atom stereocenters. The molecule has 0 spiro atoms. The Morgan fingerprint density at radius 1 is 1.00 bits per heavy atom. The van der Waals surface area contributed by atoms with Crippen molar-refractivity contribution in [3.8, 4) is 0 Å². The predicted molar refractivity (Wildman–Crippen MR) is 81.9 cm³/mol. The molecule has 0 saturated heterocycles. The molecule has 0 bridgehead atoms. The predicted octanol–water partition coefficient (Wildman–Crippen LogP) is 1.71. The second-order valence-corrected chi connectivity index (χ2v) is 4.71. The number of carbonyl (C=O) groups is 4. The first-order valence-electron chi connectivity index (χ1n) is 7.14. The number of carbonyl (C=O) groups excluding carboxylic acids is 4. The molecule has 0 aliphatic heterocycles.